The molecule has 0 aromatic carbocycles. The Balaban J connectivity index is 1.81. The molecule has 0 radical (unpaired) electrons. The second-order valence-corrected chi connectivity index (χ2v) is 4.19. The van der Waals surface area contributed by atoms with Crippen LogP contribution in [0.3, 0.4) is 0 Å². The summed E-state index contributed by atoms with van der Waals surface area (Å²) in [7, 11) is 0. The van der Waals surface area contributed by atoms with Crippen molar-refractivity contribution < 1.29 is 13.2 Å². The Morgan fingerprint density at radius 2 is 1.92 bits per heavy atom. The van der Waals surface area contributed by atoms with E-state index < -0.39 is 12.6 Å². The summed E-state index contributed by atoms with van der Waals surface area (Å²) in [6.07, 6.45) is 2.11. The van der Waals surface area contributed by atoms with Crippen LogP contribution in [0.25, 0.3) is 0 Å². The van der Waals surface area contributed by atoms with E-state index in [1.165, 1.54) is 0 Å². The predicted molar refractivity (Wildman–Crippen MR) is 44.1 cm³/mol. The lowest BCUT2D eigenvalue weighted by Crippen LogP contribution is -2.13. The molecule has 2 bridgehead atoms. The fourth-order valence-corrected chi connectivity index (χ4v) is 2.58. The smallest absolute Gasteiger partial charge is 0.171 e. The Hall–Kier alpha value is -0.470. The largest absolute Gasteiger partial charge is 0.389 e. The Bertz CT molecular complexity index is 217. The van der Waals surface area contributed by atoms with E-state index in [1.54, 1.807) is 0 Å². The Labute approximate surface area is 75.8 Å². The van der Waals surface area contributed by atoms with E-state index >= 15 is 0 Å². The summed E-state index contributed by atoms with van der Waals surface area (Å²) in [5, 5.41) is 0. The molecule has 1 saturated carbocycles. The molecule has 0 spiro atoms. The van der Waals surface area contributed by atoms with Gasteiger partial charge in [-0.05, 0) is 37.0 Å². The summed E-state index contributed by atoms with van der Waals surface area (Å²) in [6, 6.07) is 0. The van der Waals surface area contributed by atoms with Crippen molar-refractivity contribution in [3.8, 4) is 0 Å². The highest BCUT2D eigenvalue weighted by Crippen LogP contribution is 2.46. The summed E-state index contributed by atoms with van der Waals surface area (Å²) in [4.78, 5) is 0. The number of hydrogen-bond donors (Lipinski definition) is 0. The van der Waals surface area contributed by atoms with Gasteiger partial charge in [0, 0.05) is 6.42 Å². The molecular formula is C10H13F3. The molecule has 0 aromatic heterocycles. The van der Waals surface area contributed by atoms with E-state index in [0.717, 1.165) is 12.8 Å². The highest BCUT2D eigenvalue weighted by molar-refractivity contribution is 5.09. The summed E-state index contributed by atoms with van der Waals surface area (Å²) < 4.78 is 35.8. The molecular weight excluding hydrogens is 177 g/mol. The van der Waals surface area contributed by atoms with E-state index in [-0.39, 0.29) is 0 Å². The molecule has 0 aliphatic heterocycles. The van der Waals surface area contributed by atoms with Crippen molar-refractivity contribution in [2.24, 2.45) is 17.8 Å². The van der Waals surface area contributed by atoms with Gasteiger partial charge in [-0.3, -0.25) is 0 Å². The monoisotopic (exact) mass is 190 g/mol. The van der Waals surface area contributed by atoms with Crippen LogP contribution in [0.4, 0.5) is 13.2 Å². The lowest BCUT2D eigenvalue weighted by atomic mass is 9.89. The minimum Gasteiger partial charge on any atom is -0.171 e. The van der Waals surface area contributed by atoms with Gasteiger partial charge in [0.05, 0.1) is 0 Å². The summed E-state index contributed by atoms with van der Waals surface area (Å²) >= 11 is 0. The van der Waals surface area contributed by atoms with Gasteiger partial charge in [0.1, 0.15) is 0 Å². The molecule has 0 N–H and O–H groups in total. The number of halogens is 3. The Kier molecular flexibility index (Phi) is 2.12. The molecule has 74 valence electrons. The first kappa shape index (κ1) is 9.10. The normalized spacial score (nSPS) is 37.3. The Morgan fingerprint density at radius 3 is 2.38 bits per heavy atom. The molecule has 3 atom stereocenters. The molecule has 1 fully saturated rings. The maximum atomic E-state index is 11.9. The standard InChI is InChI=1S/C10H13F3/c11-10(12,13)4-3-9-6-7-1-2-8(9)5-7/h1-2,7-9H,3-6H2. The average Bonchev–Trinajstić information content (AvgIpc) is 2.58. The van der Waals surface area contributed by atoms with E-state index in [4.69, 9.17) is 0 Å². The molecule has 2 aliphatic rings. The summed E-state index contributed by atoms with van der Waals surface area (Å²) in [5.41, 5.74) is 0. The first-order valence-electron chi connectivity index (χ1n) is 4.80. The van der Waals surface area contributed by atoms with Crippen molar-refractivity contribution in [2.75, 3.05) is 0 Å². The van der Waals surface area contributed by atoms with Crippen molar-refractivity contribution in [2.45, 2.75) is 31.9 Å². The van der Waals surface area contributed by atoms with Gasteiger partial charge in [-0.2, -0.15) is 13.2 Å². The van der Waals surface area contributed by atoms with Gasteiger partial charge in [0.15, 0.2) is 0 Å². The number of rotatable bonds is 2. The predicted octanol–water partition coefficient (Wildman–Crippen LogP) is 3.54. The van der Waals surface area contributed by atoms with Crippen molar-refractivity contribution in [1.29, 1.82) is 0 Å². The highest BCUT2D eigenvalue weighted by atomic mass is 19.4. The van der Waals surface area contributed by atoms with Gasteiger partial charge in [-0.15, -0.1) is 0 Å². The van der Waals surface area contributed by atoms with Gasteiger partial charge in [-0.25, -0.2) is 0 Å². The van der Waals surface area contributed by atoms with Crippen LogP contribution in [0.15, 0.2) is 12.2 Å². The maximum absolute atomic E-state index is 11.9. The van der Waals surface area contributed by atoms with E-state index in [0.29, 0.717) is 24.2 Å². The number of fused-ring (bicyclic) bond motifs is 2. The zero-order valence-corrected chi connectivity index (χ0v) is 7.35. The molecule has 0 amide bonds. The fraction of sp³-hybridized carbons (Fsp3) is 0.800. The summed E-state index contributed by atoms with van der Waals surface area (Å²) in [6.45, 7) is 0. The van der Waals surface area contributed by atoms with Crippen molar-refractivity contribution in [3.63, 3.8) is 0 Å². The minimum atomic E-state index is -3.97. The van der Waals surface area contributed by atoms with Gasteiger partial charge in [0.25, 0.3) is 0 Å². The highest BCUT2D eigenvalue weighted by Gasteiger charge is 2.37. The van der Waals surface area contributed by atoms with Crippen LogP contribution in [0.1, 0.15) is 25.7 Å². The zero-order chi connectivity index (χ0) is 9.47. The zero-order valence-electron chi connectivity index (χ0n) is 7.35. The fourth-order valence-electron chi connectivity index (χ4n) is 2.58. The average molecular weight is 190 g/mol. The molecule has 13 heavy (non-hydrogen) atoms. The molecule has 0 nitrogen and oxygen atoms in total. The van der Waals surface area contributed by atoms with Gasteiger partial charge >= 0.3 is 6.18 Å². The molecule has 3 unspecified atom stereocenters. The SMILES string of the molecule is FC(F)(F)CCC1CC2C=CC1C2. The molecule has 0 aromatic rings. The lowest BCUT2D eigenvalue weighted by molar-refractivity contribution is -0.138. The van der Waals surface area contributed by atoms with Crippen molar-refractivity contribution in [1.82, 2.24) is 0 Å². The third-order valence-electron chi connectivity index (χ3n) is 3.21. The first-order valence-corrected chi connectivity index (χ1v) is 4.80. The number of alkyl halides is 3. The van der Waals surface area contributed by atoms with E-state index in [9.17, 15) is 13.2 Å². The maximum Gasteiger partial charge on any atom is 0.389 e. The number of allylic oxidation sites excluding steroid dienone is 2. The van der Waals surface area contributed by atoms with Crippen molar-refractivity contribution in [3.05, 3.63) is 12.2 Å². The molecule has 2 aliphatic carbocycles. The summed E-state index contributed by atoms with van der Waals surface area (Å²) in [5.74, 6) is 1.34. The van der Waals surface area contributed by atoms with E-state index in [2.05, 4.69) is 12.2 Å². The third kappa shape index (κ3) is 2.06. The topological polar surface area (TPSA) is 0 Å². The van der Waals surface area contributed by atoms with Crippen LogP contribution < -0.4 is 0 Å². The molecule has 0 saturated heterocycles. The lowest BCUT2D eigenvalue weighted by Gasteiger charge is -2.18. The Morgan fingerprint density at radius 1 is 1.15 bits per heavy atom. The van der Waals surface area contributed by atoms with Gasteiger partial charge < -0.3 is 0 Å². The van der Waals surface area contributed by atoms with Crippen LogP contribution >= 0.6 is 0 Å². The van der Waals surface area contributed by atoms with Crippen molar-refractivity contribution >= 4 is 0 Å². The van der Waals surface area contributed by atoms with E-state index in [1.807, 2.05) is 0 Å². The molecule has 3 heteroatoms. The van der Waals surface area contributed by atoms with Crippen LogP contribution in [0, 0.1) is 17.8 Å². The first-order chi connectivity index (χ1) is 6.04. The van der Waals surface area contributed by atoms with Gasteiger partial charge in [-0.1, -0.05) is 12.2 Å². The van der Waals surface area contributed by atoms with Crippen LogP contribution in [0.2, 0.25) is 0 Å². The quantitative estimate of drug-likeness (QED) is 0.584. The number of hydrogen-bond acceptors (Lipinski definition) is 0. The molecule has 0 heterocycles. The van der Waals surface area contributed by atoms with Gasteiger partial charge in [0.2, 0.25) is 0 Å². The molecule has 2 rings (SSSR count). The van der Waals surface area contributed by atoms with Crippen LogP contribution in [0.5, 0.6) is 0 Å². The van der Waals surface area contributed by atoms with Crippen LogP contribution in [-0.4, -0.2) is 6.18 Å². The third-order valence-corrected chi connectivity index (χ3v) is 3.21. The van der Waals surface area contributed by atoms with Crippen LogP contribution in [-0.2, 0) is 0 Å². The minimum absolute atomic E-state index is 0.302. The second-order valence-electron chi connectivity index (χ2n) is 4.19. The second kappa shape index (κ2) is 3.03.